The maximum Gasteiger partial charge on any atom is 0.239 e. The maximum absolute atomic E-state index is 11.8. The van der Waals surface area contributed by atoms with Gasteiger partial charge in [-0.25, -0.2) is 9.98 Å². The fourth-order valence-corrected chi connectivity index (χ4v) is 1.80. The van der Waals surface area contributed by atoms with Crippen LogP contribution in [0.1, 0.15) is 33.3 Å². The number of carbonyl (C=O) groups is 1. The second-order valence-electron chi connectivity index (χ2n) is 6.05. The van der Waals surface area contributed by atoms with E-state index in [1.54, 1.807) is 13.3 Å². The highest BCUT2D eigenvalue weighted by Gasteiger charge is 2.13. The number of methoxy groups -OCH3 is 1. The van der Waals surface area contributed by atoms with Crippen molar-refractivity contribution in [1.82, 2.24) is 20.9 Å². The molecule has 0 unspecified atom stereocenters. The van der Waals surface area contributed by atoms with Crippen LogP contribution in [-0.2, 0) is 11.3 Å². The lowest BCUT2D eigenvalue weighted by Crippen LogP contribution is -2.48. The summed E-state index contributed by atoms with van der Waals surface area (Å²) >= 11 is 0. The van der Waals surface area contributed by atoms with Gasteiger partial charge in [0.05, 0.1) is 20.2 Å². The molecule has 0 saturated heterocycles. The molecular formula is C16H28IN5O2. The average molecular weight is 449 g/mol. The summed E-state index contributed by atoms with van der Waals surface area (Å²) in [6.07, 6.45) is 1.68. The van der Waals surface area contributed by atoms with E-state index in [9.17, 15) is 4.79 Å². The molecule has 1 aromatic rings. The number of rotatable bonds is 6. The van der Waals surface area contributed by atoms with Crippen LogP contribution in [0.25, 0.3) is 0 Å². The molecule has 0 atom stereocenters. The fourth-order valence-electron chi connectivity index (χ4n) is 1.80. The summed E-state index contributed by atoms with van der Waals surface area (Å²) in [4.78, 5) is 20.4. The lowest BCUT2D eigenvalue weighted by atomic mass is 10.1. The standard InChI is InChI=1S/C16H27N5O2.HI/c1-6-17-15(20-11-13(22)21-16(2,3)4)19-10-12-7-8-18-14(9-12)23-5;/h7-9H,6,10-11H2,1-5H3,(H,21,22)(H2,17,19,20);1H. The smallest absolute Gasteiger partial charge is 0.239 e. The van der Waals surface area contributed by atoms with E-state index in [0.29, 0.717) is 24.9 Å². The normalized spacial score (nSPS) is 11.3. The SMILES string of the molecule is CCNC(=NCc1ccnc(OC)c1)NCC(=O)NC(C)(C)C.I. The molecular weight excluding hydrogens is 421 g/mol. The van der Waals surface area contributed by atoms with Crippen LogP contribution in [0.5, 0.6) is 5.88 Å². The topological polar surface area (TPSA) is 87.6 Å². The Bertz CT molecular complexity index is 544. The van der Waals surface area contributed by atoms with E-state index in [-0.39, 0.29) is 42.0 Å². The van der Waals surface area contributed by atoms with Gasteiger partial charge in [0.1, 0.15) is 0 Å². The minimum atomic E-state index is -0.248. The Labute approximate surface area is 161 Å². The first-order valence-electron chi connectivity index (χ1n) is 7.66. The summed E-state index contributed by atoms with van der Waals surface area (Å²) in [7, 11) is 1.58. The molecule has 1 heterocycles. The van der Waals surface area contributed by atoms with E-state index in [2.05, 4.69) is 25.9 Å². The van der Waals surface area contributed by atoms with Crippen molar-refractivity contribution in [1.29, 1.82) is 0 Å². The highest BCUT2D eigenvalue weighted by atomic mass is 127. The van der Waals surface area contributed by atoms with Gasteiger partial charge in [-0.3, -0.25) is 4.79 Å². The Balaban J connectivity index is 0.00000529. The molecule has 0 aliphatic carbocycles. The number of carbonyl (C=O) groups excluding carboxylic acids is 1. The summed E-state index contributed by atoms with van der Waals surface area (Å²) < 4.78 is 5.09. The number of hydrogen-bond donors (Lipinski definition) is 3. The van der Waals surface area contributed by atoms with Gasteiger partial charge in [0, 0.05) is 24.3 Å². The number of aliphatic imine (C=N–C) groups is 1. The van der Waals surface area contributed by atoms with Gasteiger partial charge in [-0.1, -0.05) is 0 Å². The van der Waals surface area contributed by atoms with Gasteiger partial charge >= 0.3 is 0 Å². The molecule has 0 aromatic carbocycles. The number of nitrogens with zero attached hydrogens (tertiary/aromatic N) is 2. The number of aromatic nitrogens is 1. The van der Waals surface area contributed by atoms with E-state index in [0.717, 1.165) is 5.56 Å². The molecule has 0 fully saturated rings. The molecule has 24 heavy (non-hydrogen) atoms. The Morgan fingerprint density at radius 3 is 2.62 bits per heavy atom. The number of nitrogens with one attached hydrogen (secondary N) is 3. The van der Waals surface area contributed by atoms with Crippen molar-refractivity contribution in [2.75, 3.05) is 20.2 Å². The highest BCUT2D eigenvalue weighted by Crippen LogP contribution is 2.09. The van der Waals surface area contributed by atoms with E-state index in [1.807, 2.05) is 39.8 Å². The average Bonchev–Trinajstić information content (AvgIpc) is 2.48. The predicted octanol–water partition coefficient (Wildman–Crippen LogP) is 1.68. The molecule has 0 aliphatic heterocycles. The van der Waals surface area contributed by atoms with Crippen LogP contribution >= 0.6 is 24.0 Å². The minimum absolute atomic E-state index is 0. The molecule has 7 nitrogen and oxygen atoms in total. The van der Waals surface area contributed by atoms with Crippen LogP contribution in [-0.4, -0.2) is 42.6 Å². The van der Waals surface area contributed by atoms with Gasteiger partial charge in [0.15, 0.2) is 5.96 Å². The van der Waals surface area contributed by atoms with Crippen LogP contribution in [0, 0.1) is 0 Å². The van der Waals surface area contributed by atoms with Crippen LogP contribution in [0.4, 0.5) is 0 Å². The van der Waals surface area contributed by atoms with Gasteiger partial charge in [0.25, 0.3) is 0 Å². The number of guanidine groups is 1. The second-order valence-corrected chi connectivity index (χ2v) is 6.05. The molecule has 136 valence electrons. The first-order chi connectivity index (χ1) is 10.8. The summed E-state index contributed by atoms with van der Waals surface area (Å²) in [6, 6.07) is 3.71. The van der Waals surface area contributed by atoms with Crippen LogP contribution in [0.15, 0.2) is 23.3 Å². The molecule has 0 saturated carbocycles. The van der Waals surface area contributed by atoms with Crippen LogP contribution in [0.3, 0.4) is 0 Å². The quantitative estimate of drug-likeness (QED) is 0.350. The van der Waals surface area contributed by atoms with Crippen molar-refractivity contribution in [3.8, 4) is 5.88 Å². The van der Waals surface area contributed by atoms with E-state index >= 15 is 0 Å². The van der Waals surface area contributed by atoms with Gasteiger partial charge in [-0.2, -0.15) is 0 Å². The lowest BCUT2D eigenvalue weighted by Gasteiger charge is -2.21. The zero-order chi connectivity index (χ0) is 17.3. The third-order valence-corrected chi connectivity index (χ3v) is 2.70. The van der Waals surface area contributed by atoms with Crippen LogP contribution in [0.2, 0.25) is 0 Å². The Kier molecular flexibility index (Phi) is 10.3. The summed E-state index contributed by atoms with van der Waals surface area (Å²) in [5.74, 6) is 1.07. The van der Waals surface area contributed by atoms with Gasteiger partial charge in [-0.05, 0) is 39.3 Å². The fraction of sp³-hybridized carbons (Fsp3) is 0.562. The summed E-state index contributed by atoms with van der Waals surface area (Å²) in [5.41, 5.74) is 0.732. The Morgan fingerprint density at radius 2 is 2.04 bits per heavy atom. The number of ether oxygens (including phenoxy) is 1. The summed E-state index contributed by atoms with van der Waals surface area (Å²) in [6.45, 7) is 9.16. The molecule has 3 N–H and O–H groups in total. The Hall–Kier alpha value is -1.58. The van der Waals surface area contributed by atoms with Gasteiger partial charge < -0.3 is 20.7 Å². The van der Waals surface area contributed by atoms with Crippen molar-refractivity contribution in [2.45, 2.75) is 39.8 Å². The molecule has 0 radical (unpaired) electrons. The number of amides is 1. The van der Waals surface area contributed by atoms with Gasteiger partial charge in [0.2, 0.25) is 11.8 Å². The third-order valence-electron chi connectivity index (χ3n) is 2.70. The van der Waals surface area contributed by atoms with Crippen molar-refractivity contribution in [3.05, 3.63) is 23.9 Å². The zero-order valence-corrected chi connectivity index (χ0v) is 17.3. The Morgan fingerprint density at radius 1 is 1.33 bits per heavy atom. The second kappa shape index (κ2) is 11.1. The van der Waals surface area contributed by atoms with Crippen LogP contribution < -0.4 is 20.7 Å². The lowest BCUT2D eigenvalue weighted by molar-refractivity contribution is -0.121. The van der Waals surface area contributed by atoms with E-state index in [4.69, 9.17) is 4.74 Å². The maximum atomic E-state index is 11.8. The van der Waals surface area contributed by atoms with Crippen molar-refractivity contribution in [2.24, 2.45) is 4.99 Å². The van der Waals surface area contributed by atoms with Gasteiger partial charge in [-0.15, -0.1) is 24.0 Å². The highest BCUT2D eigenvalue weighted by molar-refractivity contribution is 14.0. The van der Waals surface area contributed by atoms with E-state index in [1.165, 1.54) is 0 Å². The molecule has 0 spiro atoms. The summed E-state index contributed by atoms with van der Waals surface area (Å²) in [5, 5.41) is 9.03. The third kappa shape index (κ3) is 9.53. The molecule has 1 rings (SSSR count). The monoisotopic (exact) mass is 449 g/mol. The minimum Gasteiger partial charge on any atom is -0.481 e. The van der Waals surface area contributed by atoms with Crippen molar-refractivity contribution in [3.63, 3.8) is 0 Å². The number of hydrogen-bond acceptors (Lipinski definition) is 4. The molecule has 1 aromatic heterocycles. The number of pyridine rings is 1. The van der Waals surface area contributed by atoms with Crippen molar-refractivity contribution >= 4 is 35.8 Å². The molecule has 8 heteroatoms. The molecule has 1 amide bonds. The zero-order valence-electron chi connectivity index (χ0n) is 15.0. The largest absolute Gasteiger partial charge is 0.481 e. The number of halogens is 1. The molecule has 0 bridgehead atoms. The first kappa shape index (κ1) is 22.4. The first-order valence-corrected chi connectivity index (χ1v) is 7.66. The molecule has 0 aliphatic rings. The predicted molar refractivity (Wildman–Crippen MR) is 107 cm³/mol. The van der Waals surface area contributed by atoms with E-state index < -0.39 is 0 Å². The van der Waals surface area contributed by atoms with Crippen molar-refractivity contribution < 1.29 is 9.53 Å².